The van der Waals surface area contributed by atoms with Crippen molar-refractivity contribution < 1.29 is 19.4 Å². The zero-order valence-corrected chi connectivity index (χ0v) is 16.5. The van der Waals surface area contributed by atoms with Gasteiger partial charge in [-0.2, -0.15) is 0 Å². The average molecular weight is 407 g/mol. The normalized spacial score (nSPS) is 12.7. The van der Waals surface area contributed by atoms with Crippen molar-refractivity contribution in [2.45, 2.75) is 46.0 Å². The summed E-state index contributed by atoms with van der Waals surface area (Å²) < 4.78 is 12.3. The number of ether oxygens (including phenoxy) is 2. The lowest BCUT2D eigenvalue weighted by Gasteiger charge is -2.27. The Hall–Kier alpha value is -1.85. The number of hydrogen-bond donors (Lipinski definition) is 1. The number of hydrogen-bond acceptors (Lipinski definition) is 3. The second-order valence-electron chi connectivity index (χ2n) is 6.83. The Kier molecular flexibility index (Phi) is 6.25. The van der Waals surface area contributed by atoms with E-state index in [1.54, 1.807) is 0 Å². The smallest absolute Gasteiger partial charge is 0.337 e. The second kappa shape index (κ2) is 8.02. The van der Waals surface area contributed by atoms with Crippen LogP contribution in [0.15, 0.2) is 46.9 Å². The summed E-state index contributed by atoms with van der Waals surface area (Å²) in [6.45, 7) is 7.77. The predicted molar refractivity (Wildman–Crippen MR) is 101 cm³/mol. The van der Waals surface area contributed by atoms with Crippen LogP contribution in [0, 0.1) is 6.92 Å². The van der Waals surface area contributed by atoms with Crippen molar-refractivity contribution in [3.05, 3.63) is 63.6 Å². The third-order valence-corrected chi connectivity index (χ3v) is 4.38. The fourth-order valence-corrected chi connectivity index (χ4v) is 3.19. The average Bonchev–Trinajstić information content (AvgIpc) is 2.53. The van der Waals surface area contributed by atoms with Crippen LogP contribution in [0.4, 0.5) is 0 Å². The fourth-order valence-electron chi connectivity index (χ4n) is 2.42. The molecule has 0 saturated heterocycles. The largest absolute Gasteiger partial charge is 0.488 e. The van der Waals surface area contributed by atoms with Gasteiger partial charge in [0.2, 0.25) is 0 Å². The Morgan fingerprint density at radius 2 is 1.80 bits per heavy atom. The van der Waals surface area contributed by atoms with Crippen LogP contribution in [0.1, 0.15) is 43.6 Å². The fraction of sp³-hybridized carbons (Fsp3) is 0.350. The van der Waals surface area contributed by atoms with Crippen LogP contribution < -0.4 is 4.74 Å². The van der Waals surface area contributed by atoms with Crippen LogP contribution in [-0.4, -0.2) is 16.7 Å². The summed E-state index contributed by atoms with van der Waals surface area (Å²) in [4.78, 5) is 11.8. The SMILES string of the molecule is Cc1ccc(OCc2ccccc2)c(Br)c1C(OC(C)(C)C)C(=O)O. The number of rotatable bonds is 6. The lowest BCUT2D eigenvalue weighted by atomic mass is 10.0. The molecule has 0 saturated carbocycles. The molecule has 0 aliphatic rings. The molecule has 0 fully saturated rings. The molecule has 1 N–H and O–H groups in total. The van der Waals surface area contributed by atoms with Crippen molar-refractivity contribution in [2.75, 3.05) is 0 Å². The van der Waals surface area contributed by atoms with Gasteiger partial charge in [0, 0.05) is 5.56 Å². The van der Waals surface area contributed by atoms with Gasteiger partial charge >= 0.3 is 5.97 Å². The molecule has 25 heavy (non-hydrogen) atoms. The molecule has 0 aliphatic carbocycles. The highest BCUT2D eigenvalue weighted by molar-refractivity contribution is 9.10. The quantitative estimate of drug-likeness (QED) is 0.708. The van der Waals surface area contributed by atoms with Gasteiger partial charge in [-0.15, -0.1) is 0 Å². The van der Waals surface area contributed by atoms with Crippen molar-refractivity contribution in [1.82, 2.24) is 0 Å². The van der Waals surface area contributed by atoms with Crippen molar-refractivity contribution in [3.8, 4) is 5.75 Å². The summed E-state index contributed by atoms with van der Waals surface area (Å²) in [5.74, 6) is -0.438. The molecule has 2 aromatic rings. The second-order valence-corrected chi connectivity index (χ2v) is 7.62. The molecule has 0 spiro atoms. The molecule has 2 aromatic carbocycles. The van der Waals surface area contributed by atoms with E-state index in [0.29, 0.717) is 22.4 Å². The third-order valence-electron chi connectivity index (χ3n) is 3.56. The van der Waals surface area contributed by atoms with E-state index in [1.165, 1.54) is 0 Å². The van der Waals surface area contributed by atoms with Crippen LogP contribution in [0.2, 0.25) is 0 Å². The monoisotopic (exact) mass is 406 g/mol. The summed E-state index contributed by atoms with van der Waals surface area (Å²) >= 11 is 3.51. The summed E-state index contributed by atoms with van der Waals surface area (Å²) in [5.41, 5.74) is 1.86. The van der Waals surface area contributed by atoms with E-state index >= 15 is 0 Å². The van der Waals surface area contributed by atoms with E-state index in [9.17, 15) is 9.90 Å². The van der Waals surface area contributed by atoms with Gasteiger partial charge in [0.1, 0.15) is 12.4 Å². The highest BCUT2D eigenvalue weighted by Gasteiger charge is 2.30. The maximum absolute atomic E-state index is 11.8. The van der Waals surface area contributed by atoms with Gasteiger partial charge in [0.15, 0.2) is 6.10 Å². The maximum Gasteiger partial charge on any atom is 0.337 e. The number of halogens is 1. The van der Waals surface area contributed by atoms with Gasteiger partial charge in [0.05, 0.1) is 10.1 Å². The first-order valence-corrected chi connectivity index (χ1v) is 8.84. The minimum Gasteiger partial charge on any atom is -0.488 e. The van der Waals surface area contributed by atoms with Gasteiger partial charge in [-0.25, -0.2) is 4.79 Å². The highest BCUT2D eigenvalue weighted by Crippen LogP contribution is 2.38. The molecule has 134 valence electrons. The van der Waals surface area contributed by atoms with Crippen molar-refractivity contribution in [2.24, 2.45) is 0 Å². The molecule has 0 bridgehead atoms. The van der Waals surface area contributed by atoms with Gasteiger partial charge in [-0.1, -0.05) is 36.4 Å². The zero-order valence-electron chi connectivity index (χ0n) is 14.9. The standard InChI is InChI=1S/C20H23BrO4/c1-13-10-11-15(24-12-14-8-6-5-7-9-14)17(21)16(13)18(19(22)23)25-20(2,3)4/h5-11,18H,12H2,1-4H3,(H,22,23). The minimum atomic E-state index is -1.07. The van der Waals surface area contributed by atoms with E-state index < -0.39 is 17.7 Å². The van der Waals surface area contributed by atoms with E-state index in [1.807, 2.05) is 70.2 Å². The lowest BCUT2D eigenvalue weighted by Crippen LogP contribution is -2.28. The minimum absolute atomic E-state index is 0.403. The molecule has 0 aromatic heterocycles. The van der Waals surface area contributed by atoms with Crippen LogP contribution in [0.5, 0.6) is 5.75 Å². The van der Waals surface area contributed by atoms with Crippen molar-refractivity contribution in [3.63, 3.8) is 0 Å². The molecular weight excluding hydrogens is 384 g/mol. The lowest BCUT2D eigenvalue weighted by molar-refractivity contribution is -0.160. The maximum atomic E-state index is 11.8. The number of aliphatic carboxylic acids is 1. The van der Waals surface area contributed by atoms with Crippen LogP contribution in [0.3, 0.4) is 0 Å². The number of carbonyl (C=O) groups is 1. The van der Waals surface area contributed by atoms with E-state index in [-0.39, 0.29) is 0 Å². The molecule has 2 rings (SSSR count). The molecule has 1 unspecified atom stereocenters. The molecule has 1 atom stereocenters. The van der Waals surface area contributed by atoms with Gasteiger partial charge in [-0.05, 0) is 60.8 Å². The Morgan fingerprint density at radius 3 is 2.36 bits per heavy atom. The molecule has 0 heterocycles. The van der Waals surface area contributed by atoms with Crippen LogP contribution in [-0.2, 0) is 16.1 Å². The molecule has 5 heteroatoms. The van der Waals surface area contributed by atoms with Gasteiger partial charge < -0.3 is 14.6 Å². The molecular formula is C20H23BrO4. The van der Waals surface area contributed by atoms with Crippen LogP contribution in [0.25, 0.3) is 0 Å². The Bertz CT molecular complexity index is 735. The van der Waals surface area contributed by atoms with Crippen molar-refractivity contribution >= 4 is 21.9 Å². The highest BCUT2D eigenvalue weighted by atomic mass is 79.9. The Morgan fingerprint density at radius 1 is 1.16 bits per heavy atom. The van der Waals surface area contributed by atoms with E-state index in [2.05, 4.69) is 15.9 Å². The summed E-state index contributed by atoms with van der Waals surface area (Å²) in [6, 6.07) is 13.5. The first kappa shape index (κ1) is 19.5. The van der Waals surface area contributed by atoms with Crippen molar-refractivity contribution in [1.29, 1.82) is 0 Å². The summed E-state index contributed by atoms with van der Waals surface area (Å²) in [6.07, 6.45) is -1.07. The van der Waals surface area contributed by atoms with Gasteiger partial charge in [-0.3, -0.25) is 0 Å². The van der Waals surface area contributed by atoms with Gasteiger partial charge in [0.25, 0.3) is 0 Å². The van der Waals surface area contributed by atoms with Crippen LogP contribution >= 0.6 is 15.9 Å². The molecule has 4 nitrogen and oxygen atoms in total. The number of carboxylic acid groups (broad SMARTS) is 1. The number of carboxylic acids is 1. The third kappa shape index (κ3) is 5.31. The summed E-state index contributed by atoms with van der Waals surface area (Å²) in [7, 11) is 0. The number of benzene rings is 2. The topological polar surface area (TPSA) is 55.8 Å². The zero-order chi connectivity index (χ0) is 18.6. The summed E-state index contributed by atoms with van der Waals surface area (Å²) in [5, 5.41) is 9.65. The first-order chi connectivity index (χ1) is 11.7. The predicted octanol–water partition coefficient (Wildman–Crippen LogP) is 5.28. The first-order valence-electron chi connectivity index (χ1n) is 8.05. The molecule has 0 aliphatic heterocycles. The number of aryl methyl sites for hydroxylation is 1. The van der Waals surface area contributed by atoms with E-state index in [0.717, 1.165) is 11.1 Å². The Labute approximate surface area is 156 Å². The van der Waals surface area contributed by atoms with E-state index in [4.69, 9.17) is 9.47 Å². The Balaban J connectivity index is 2.33. The molecule has 0 amide bonds. The molecule has 0 radical (unpaired) electrons.